The first-order chi connectivity index (χ1) is 12.5. The largest absolute Gasteiger partial charge is 0.416 e. The average Bonchev–Trinajstić information content (AvgIpc) is 3.05. The molecule has 2 aliphatic rings. The lowest BCUT2D eigenvalue weighted by Crippen LogP contribution is -2.35. The van der Waals surface area contributed by atoms with E-state index in [1.54, 1.807) is 12.1 Å². The first kappa shape index (κ1) is 17.5. The van der Waals surface area contributed by atoms with Crippen LogP contribution in [0.4, 0.5) is 13.2 Å². The van der Waals surface area contributed by atoms with Crippen molar-refractivity contribution in [1.82, 2.24) is 25.0 Å². The number of benzene rings is 1. The van der Waals surface area contributed by atoms with Crippen LogP contribution in [0.25, 0.3) is 0 Å². The number of nitrogens with zero attached hydrogens (tertiary/aromatic N) is 4. The van der Waals surface area contributed by atoms with Gasteiger partial charge in [-0.3, -0.25) is 4.90 Å². The van der Waals surface area contributed by atoms with Crippen molar-refractivity contribution in [1.29, 1.82) is 0 Å². The van der Waals surface area contributed by atoms with Crippen molar-refractivity contribution in [3.63, 3.8) is 0 Å². The molecule has 1 saturated heterocycles. The Morgan fingerprint density at radius 2 is 1.92 bits per heavy atom. The van der Waals surface area contributed by atoms with Crippen molar-refractivity contribution >= 4 is 0 Å². The van der Waals surface area contributed by atoms with Crippen molar-refractivity contribution in [2.45, 2.75) is 44.6 Å². The fraction of sp³-hybridized carbons (Fsp3) is 0.556. The van der Waals surface area contributed by atoms with E-state index < -0.39 is 11.7 Å². The Labute approximate surface area is 150 Å². The van der Waals surface area contributed by atoms with Gasteiger partial charge in [0.05, 0.1) is 12.1 Å². The van der Waals surface area contributed by atoms with Crippen molar-refractivity contribution in [3.05, 3.63) is 47.0 Å². The Morgan fingerprint density at radius 3 is 2.62 bits per heavy atom. The van der Waals surface area contributed by atoms with Gasteiger partial charge in [-0.05, 0) is 37.1 Å². The van der Waals surface area contributed by atoms with E-state index in [1.807, 2.05) is 0 Å². The lowest BCUT2D eigenvalue weighted by molar-refractivity contribution is -0.137. The number of rotatable bonds is 3. The minimum atomic E-state index is -4.29. The smallest absolute Gasteiger partial charge is 0.316 e. The molecule has 0 spiro atoms. The molecule has 26 heavy (non-hydrogen) atoms. The Bertz CT molecular complexity index is 747. The molecule has 0 radical (unpaired) electrons. The molecule has 1 aromatic heterocycles. The van der Waals surface area contributed by atoms with Gasteiger partial charge in [0.25, 0.3) is 0 Å². The van der Waals surface area contributed by atoms with Crippen LogP contribution < -0.4 is 5.32 Å². The van der Waals surface area contributed by atoms with E-state index in [9.17, 15) is 13.2 Å². The molecule has 1 atom stereocenters. The van der Waals surface area contributed by atoms with E-state index in [4.69, 9.17) is 0 Å². The molecule has 2 aliphatic heterocycles. The van der Waals surface area contributed by atoms with Gasteiger partial charge in [-0.2, -0.15) is 13.2 Å². The fourth-order valence-electron chi connectivity index (χ4n) is 3.80. The molecular weight excluding hydrogens is 343 g/mol. The van der Waals surface area contributed by atoms with Gasteiger partial charge < -0.3 is 9.88 Å². The fourth-order valence-corrected chi connectivity index (χ4v) is 3.80. The van der Waals surface area contributed by atoms with Crippen LogP contribution in [0, 0.1) is 0 Å². The zero-order valence-electron chi connectivity index (χ0n) is 14.5. The molecule has 0 amide bonds. The highest BCUT2D eigenvalue weighted by molar-refractivity contribution is 5.24. The second-order valence-corrected chi connectivity index (χ2v) is 7.07. The second kappa shape index (κ2) is 7.00. The van der Waals surface area contributed by atoms with Crippen molar-refractivity contribution < 1.29 is 13.2 Å². The zero-order valence-corrected chi connectivity index (χ0v) is 14.5. The molecule has 140 valence electrons. The van der Waals surface area contributed by atoms with Crippen LogP contribution in [0.2, 0.25) is 0 Å². The maximum Gasteiger partial charge on any atom is 0.416 e. The topological polar surface area (TPSA) is 46.0 Å². The monoisotopic (exact) mass is 365 g/mol. The molecular formula is C18H22F3N5. The predicted molar refractivity (Wildman–Crippen MR) is 90.4 cm³/mol. The van der Waals surface area contributed by atoms with Crippen LogP contribution in [0.5, 0.6) is 0 Å². The highest BCUT2D eigenvalue weighted by Gasteiger charge is 2.30. The molecule has 1 fully saturated rings. The van der Waals surface area contributed by atoms with Gasteiger partial charge in [0, 0.05) is 32.1 Å². The van der Waals surface area contributed by atoms with E-state index >= 15 is 0 Å². The maximum atomic E-state index is 12.7. The third kappa shape index (κ3) is 3.61. The summed E-state index contributed by atoms with van der Waals surface area (Å²) >= 11 is 0. The van der Waals surface area contributed by atoms with E-state index in [-0.39, 0.29) is 0 Å². The van der Waals surface area contributed by atoms with Gasteiger partial charge in [-0.15, -0.1) is 10.2 Å². The van der Waals surface area contributed by atoms with Gasteiger partial charge in [-0.1, -0.05) is 12.1 Å². The van der Waals surface area contributed by atoms with Gasteiger partial charge in [0.15, 0.2) is 0 Å². The number of hydrogen-bond donors (Lipinski definition) is 1. The maximum absolute atomic E-state index is 12.7. The van der Waals surface area contributed by atoms with Gasteiger partial charge in [0.1, 0.15) is 11.6 Å². The van der Waals surface area contributed by atoms with Gasteiger partial charge in [0.2, 0.25) is 0 Å². The first-order valence-corrected chi connectivity index (χ1v) is 9.02. The van der Waals surface area contributed by atoms with E-state index in [2.05, 4.69) is 25.0 Å². The summed E-state index contributed by atoms with van der Waals surface area (Å²) in [6, 6.07) is 5.41. The Hall–Kier alpha value is -1.93. The van der Waals surface area contributed by atoms with Crippen molar-refractivity contribution in [3.8, 4) is 0 Å². The Kier molecular flexibility index (Phi) is 4.71. The van der Waals surface area contributed by atoms with Crippen LogP contribution in [-0.2, 0) is 25.8 Å². The minimum absolute atomic E-state index is 0.423. The molecule has 5 nitrogen and oxygen atoms in total. The number of fused-ring (bicyclic) bond motifs is 1. The summed E-state index contributed by atoms with van der Waals surface area (Å²) in [6.07, 6.45) is -1.99. The SMILES string of the molecule is FC(F)(F)c1ccc(CN2CCn3c(nnc3C3CCCNC3)C2)cc1. The van der Waals surface area contributed by atoms with Gasteiger partial charge >= 0.3 is 6.18 Å². The van der Waals surface area contributed by atoms with Crippen LogP contribution in [0.1, 0.15) is 41.5 Å². The van der Waals surface area contributed by atoms with Crippen molar-refractivity contribution in [2.24, 2.45) is 0 Å². The highest BCUT2D eigenvalue weighted by atomic mass is 19.4. The number of alkyl halides is 3. The predicted octanol–water partition coefficient (Wildman–Crippen LogP) is 2.78. The zero-order chi connectivity index (χ0) is 18.1. The summed E-state index contributed by atoms with van der Waals surface area (Å²) < 4.78 is 40.2. The third-order valence-corrected chi connectivity index (χ3v) is 5.21. The Morgan fingerprint density at radius 1 is 1.12 bits per heavy atom. The minimum Gasteiger partial charge on any atom is -0.316 e. The summed E-state index contributed by atoms with van der Waals surface area (Å²) in [5, 5.41) is 12.2. The quantitative estimate of drug-likeness (QED) is 0.909. The number of halogens is 3. The van der Waals surface area contributed by atoms with E-state index in [0.29, 0.717) is 19.0 Å². The molecule has 0 saturated carbocycles. The van der Waals surface area contributed by atoms with E-state index in [0.717, 1.165) is 68.4 Å². The van der Waals surface area contributed by atoms with E-state index in [1.165, 1.54) is 0 Å². The van der Waals surface area contributed by atoms with Crippen LogP contribution in [0.3, 0.4) is 0 Å². The van der Waals surface area contributed by atoms with Crippen LogP contribution in [-0.4, -0.2) is 39.3 Å². The lowest BCUT2D eigenvalue weighted by atomic mass is 9.99. The summed E-state index contributed by atoms with van der Waals surface area (Å²) in [4.78, 5) is 2.20. The second-order valence-electron chi connectivity index (χ2n) is 7.07. The van der Waals surface area contributed by atoms with Gasteiger partial charge in [-0.25, -0.2) is 0 Å². The number of hydrogen-bond acceptors (Lipinski definition) is 4. The van der Waals surface area contributed by atoms with Crippen molar-refractivity contribution in [2.75, 3.05) is 19.6 Å². The normalized spacial score (nSPS) is 21.6. The molecule has 4 rings (SSSR count). The number of aromatic nitrogens is 3. The number of nitrogens with one attached hydrogen (secondary N) is 1. The standard InChI is InChI=1S/C18H22F3N5/c19-18(20,21)15-5-3-13(4-6-15)11-25-8-9-26-16(12-25)23-24-17(26)14-2-1-7-22-10-14/h3-6,14,22H,1-2,7-12H2. The van der Waals surface area contributed by atoms with Crippen LogP contribution in [0.15, 0.2) is 24.3 Å². The first-order valence-electron chi connectivity index (χ1n) is 9.02. The molecule has 0 bridgehead atoms. The lowest BCUT2D eigenvalue weighted by Gasteiger charge is -2.29. The molecule has 1 N–H and O–H groups in total. The molecule has 0 aliphatic carbocycles. The molecule has 3 heterocycles. The molecule has 2 aromatic rings. The average molecular weight is 365 g/mol. The summed E-state index contributed by atoms with van der Waals surface area (Å²) in [5.41, 5.74) is 0.271. The molecule has 1 unspecified atom stereocenters. The third-order valence-electron chi connectivity index (χ3n) is 5.21. The summed E-state index contributed by atoms with van der Waals surface area (Å²) in [6.45, 7) is 4.99. The summed E-state index contributed by atoms with van der Waals surface area (Å²) in [7, 11) is 0. The highest BCUT2D eigenvalue weighted by Crippen LogP contribution is 2.29. The Balaban J connectivity index is 1.42. The number of piperidine rings is 1. The molecule has 8 heteroatoms. The molecule has 1 aromatic carbocycles. The summed E-state index contributed by atoms with van der Waals surface area (Å²) in [5.74, 6) is 2.44. The van der Waals surface area contributed by atoms with Crippen LogP contribution >= 0.6 is 0 Å².